The molecule has 116 valence electrons. The molecule has 2 rings (SSSR count). The Labute approximate surface area is 128 Å². The summed E-state index contributed by atoms with van der Waals surface area (Å²) in [4.78, 5) is 16.4. The quantitative estimate of drug-likeness (QED) is 0.759. The Morgan fingerprint density at radius 1 is 1.23 bits per heavy atom. The van der Waals surface area contributed by atoms with Crippen molar-refractivity contribution in [2.75, 3.05) is 13.1 Å². The van der Waals surface area contributed by atoms with Crippen LogP contribution in [-0.4, -0.2) is 44.4 Å². The van der Waals surface area contributed by atoms with Gasteiger partial charge in [-0.1, -0.05) is 18.2 Å². The number of aromatic nitrogens is 1. The Kier molecular flexibility index (Phi) is 5.32. The first-order chi connectivity index (χ1) is 10.6. The first kappa shape index (κ1) is 15.8. The van der Waals surface area contributed by atoms with E-state index in [1.165, 1.54) is 11.1 Å². The zero-order valence-corrected chi connectivity index (χ0v) is 12.0. The van der Waals surface area contributed by atoms with E-state index in [9.17, 15) is 20.1 Å². The second-order valence-electron chi connectivity index (χ2n) is 4.95. The van der Waals surface area contributed by atoms with Gasteiger partial charge in [-0.3, -0.25) is 4.98 Å². The summed E-state index contributed by atoms with van der Waals surface area (Å²) in [7, 11) is 0. The number of aliphatic hydroxyl groups is 1. The molecule has 0 saturated carbocycles. The SMILES string of the molecule is O=C(O)N(CCc1ccc(O)cc1)C[C@@H](O)c1cccnc1. The maximum atomic E-state index is 11.3. The molecule has 0 unspecified atom stereocenters. The van der Waals surface area contributed by atoms with Gasteiger partial charge in [0.2, 0.25) is 0 Å². The molecule has 0 aliphatic carbocycles. The van der Waals surface area contributed by atoms with Crippen LogP contribution in [0.15, 0.2) is 48.8 Å². The van der Waals surface area contributed by atoms with Gasteiger partial charge < -0.3 is 20.2 Å². The van der Waals surface area contributed by atoms with Gasteiger partial charge in [-0.25, -0.2) is 4.79 Å². The molecule has 6 nitrogen and oxygen atoms in total. The van der Waals surface area contributed by atoms with Crippen LogP contribution in [0.3, 0.4) is 0 Å². The van der Waals surface area contributed by atoms with Crippen LogP contribution < -0.4 is 0 Å². The summed E-state index contributed by atoms with van der Waals surface area (Å²) in [5.74, 6) is 0.172. The first-order valence-corrected chi connectivity index (χ1v) is 6.90. The third kappa shape index (κ3) is 4.46. The van der Waals surface area contributed by atoms with Gasteiger partial charge in [0.1, 0.15) is 5.75 Å². The third-order valence-electron chi connectivity index (χ3n) is 3.34. The molecular formula is C16H18N2O4. The van der Waals surface area contributed by atoms with Gasteiger partial charge in [0, 0.05) is 24.5 Å². The van der Waals surface area contributed by atoms with Crippen molar-refractivity contribution in [2.45, 2.75) is 12.5 Å². The van der Waals surface area contributed by atoms with E-state index in [1.54, 1.807) is 42.6 Å². The molecule has 1 atom stereocenters. The zero-order chi connectivity index (χ0) is 15.9. The lowest BCUT2D eigenvalue weighted by atomic mass is 10.1. The number of carboxylic acid groups (broad SMARTS) is 1. The first-order valence-electron chi connectivity index (χ1n) is 6.90. The van der Waals surface area contributed by atoms with E-state index in [-0.39, 0.29) is 18.8 Å². The Morgan fingerprint density at radius 3 is 2.55 bits per heavy atom. The number of amides is 1. The Balaban J connectivity index is 1.95. The van der Waals surface area contributed by atoms with E-state index < -0.39 is 12.2 Å². The summed E-state index contributed by atoms with van der Waals surface area (Å²) >= 11 is 0. The molecule has 1 heterocycles. The highest BCUT2D eigenvalue weighted by molar-refractivity contribution is 5.65. The highest BCUT2D eigenvalue weighted by atomic mass is 16.4. The summed E-state index contributed by atoms with van der Waals surface area (Å²) in [5, 5.41) is 28.6. The number of aliphatic hydroxyl groups excluding tert-OH is 1. The minimum absolute atomic E-state index is 0.0148. The van der Waals surface area contributed by atoms with Crippen LogP contribution in [0.2, 0.25) is 0 Å². The Hall–Kier alpha value is -2.60. The van der Waals surface area contributed by atoms with Gasteiger partial charge in [0.15, 0.2) is 0 Å². The predicted molar refractivity (Wildman–Crippen MR) is 80.6 cm³/mol. The van der Waals surface area contributed by atoms with Crippen molar-refractivity contribution in [3.63, 3.8) is 0 Å². The monoisotopic (exact) mass is 302 g/mol. The normalized spacial score (nSPS) is 11.9. The molecule has 1 amide bonds. The fourth-order valence-corrected chi connectivity index (χ4v) is 2.08. The summed E-state index contributed by atoms with van der Waals surface area (Å²) in [6, 6.07) is 10.0. The van der Waals surface area contributed by atoms with E-state index >= 15 is 0 Å². The highest BCUT2D eigenvalue weighted by Crippen LogP contribution is 2.14. The van der Waals surface area contributed by atoms with Crippen molar-refractivity contribution >= 4 is 6.09 Å². The average Bonchev–Trinajstić information content (AvgIpc) is 2.53. The largest absolute Gasteiger partial charge is 0.508 e. The van der Waals surface area contributed by atoms with E-state index in [1.807, 2.05) is 0 Å². The minimum atomic E-state index is -1.08. The van der Waals surface area contributed by atoms with Crippen molar-refractivity contribution in [1.82, 2.24) is 9.88 Å². The zero-order valence-electron chi connectivity index (χ0n) is 12.0. The van der Waals surface area contributed by atoms with Crippen LogP contribution in [0, 0.1) is 0 Å². The maximum Gasteiger partial charge on any atom is 0.407 e. The molecule has 0 saturated heterocycles. The summed E-state index contributed by atoms with van der Waals surface area (Å²) < 4.78 is 0. The van der Waals surface area contributed by atoms with E-state index in [0.717, 1.165) is 5.56 Å². The van der Waals surface area contributed by atoms with Crippen LogP contribution in [0.1, 0.15) is 17.2 Å². The topological polar surface area (TPSA) is 93.9 Å². The van der Waals surface area contributed by atoms with Gasteiger partial charge in [-0.15, -0.1) is 0 Å². The lowest BCUT2D eigenvalue weighted by Gasteiger charge is -2.22. The number of hydrogen-bond acceptors (Lipinski definition) is 4. The van der Waals surface area contributed by atoms with E-state index in [4.69, 9.17) is 0 Å². The number of carbonyl (C=O) groups is 1. The standard InChI is InChI=1S/C16H18N2O4/c19-14-5-3-12(4-6-14)7-9-18(16(21)22)11-15(20)13-2-1-8-17-10-13/h1-6,8,10,15,19-20H,7,9,11H2,(H,21,22)/t15-/m1/s1. The van der Waals surface area contributed by atoms with Crippen molar-refractivity contribution in [2.24, 2.45) is 0 Å². The number of phenols is 1. The summed E-state index contributed by atoms with van der Waals surface area (Å²) in [5.41, 5.74) is 1.50. The predicted octanol–water partition coefficient (Wildman–Crippen LogP) is 2.04. The number of benzene rings is 1. The average molecular weight is 302 g/mol. The molecule has 0 aliphatic heterocycles. The lowest BCUT2D eigenvalue weighted by molar-refractivity contribution is 0.0971. The number of hydrogen-bond donors (Lipinski definition) is 3. The molecule has 1 aromatic carbocycles. The molecule has 3 N–H and O–H groups in total. The molecule has 0 spiro atoms. The van der Waals surface area contributed by atoms with E-state index in [0.29, 0.717) is 12.0 Å². The van der Waals surface area contributed by atoms with Crippen LogP contribution in [-0.2, 0) is 6.42 Å². The second-order valence-corrected chi connectivity index (χ2v) is 4.95. The van der Waals surface area contributed by atoms with Gasteiger partial charge in [-0.2, -0.15) is 0 Å². The summed E-state index contributed by atoms with van der Waals surface area (Å²) in [6.45, 7) is 0.247. The van der Waals surface area contributed by atoms with Crippen LogP contribution in [0.25, 0.3) is 0 Å². The van der Waals surface area contributed by atoms with Crippen molar-refractivity contribution < 1.29 is 20.1 Å². The van der Waals surface area contributed by atoms with Crippen molar-refractivity contribution in [3.8, 4) is 5.75 Å². The van der Waals surface area contributed by atoms with Crippen LogP contribution in [0.5, 0.6) is 5.75 Å². The number of pyridine rings is 1. The highest BCUT2D eigenvalue weighted by Gasteiger charge is 2.17. The van der Waals surface area contributed by atoms with E-state index in [2.05, 4.69) is 4.98 Å². The van der Waals surface area contributed by atoms with Gasteiger partial charge in [0.25, 0.3) is 0 Å². The minimum Gasteiger partial charge on any atom is -0.508 e. The molecule has 0 aliphatic rings. The fourth-order valence-electron chi connectivity index (χ4n) is 2.08. The molecule has 0 radical (unpaired) electrons. The fraction of sp³-hybridized carbons (Fsp3) is 0.250. The second kappa shape index (κ2) is 7.42. The molecular weight excluding hydrogens is 284 g/mol. The third-order valence-corrected chi connectivity index (χ3v) is 3.34. The molecule has 1 aromatic heterocycles. The lowest BCUT2D eigenvalue weighted by Crippen LogP contribution is -2.35. The Morgan fingerprint density at radius 2 is 1.95 bits per heavy atom. The molecule has 2 aromatic rings. The number of rotatable bonds is 6. The Bertz CT molecular complexity index is 601. The smallest absolute Gasteiger partial charge is 0.407 e. The summed E-state index contributed by atoms with van der Waals surface area (Å²) in [6.07, 6.45) is 1.62. The molecule has 0 fully saturated rings. The van der Waals surface area contributed by atoms with Crippen LogP contribution >= 0.6 is 0 Å². The molecule has 6 heteroatoms. The number of aromatic hydroxyl groups is 1. The van der Waals surface area contributed by atoms with Gasteiger partial charge >= 0.3 is 6.09 Å². The number of phenolic OH excluding ortho intramolecular Hbond substituents is 1. The molecule has 0 bridgehead atoms. The van der Waals surface area contributed by atoms with Crippen LogP contribution in [0.4, 0.5) is 4.79 Å². The van der Waals surface area contributed by atoms with Crippen molar-refractivity contribution in [1.29, 1.82) is 0 Å². The van der Waals surface area contributed by atoms with Crippen molar-refractivity contribution in [3.05, 3.63) is 59.9 Å². The van der Waals surface area contributed by atoms with Gasteiger partial charge in [-0.05, 0) is 30.2 Å². The number of nitrogens with zero attached hydrogens (tertiary/aromatic N) is 2. The maximum absolute atomic E-state index is 11.3. The molecule has 22 heavy (non-hydrogen) atoms. The van der Waals surface area contributed by atoms with Gasteiger partial charge in [0.05, 0.1) is 12.6 Å².